The average Bonchev–Trinajstić information content (AvgIpc) is 2.91. The lowest BCUT2D eigenvalue weighted by molar-refractivity contribution is 0.273. The quantitative estimate of drug-likeness (QED) is 0.763. The summed E-state index contributed by atoms with van der Waals surface area (Å²) >= 11 is 0. The summed E-state index contributed by atoms with van der Waals surface area (Å²) in [5.74, 6) is 0.235. The third kappa shape index (κ3) is 2.23. The van der Waals surface area contributed by atoms with Gasteiger partial charge in [0.15, 0.2) is 0 Å². The minimum atomic E-state index is -0.222. The number of aliphatic hydroxyl groups excluding tert-OH is 1. The van der Waals surface area contributed by atoms with Gasteiger partial charge in [-0.2, -0.15) is 0 Å². The van der Waals surface area contributed by atoms with Crippen LogP contribution in [0.5, 0.6) is 5.75 Å². The highest BCUT2D eigenvalue weighted by atomic mass is 16.3. The molecule has 0 bridgehead atoms. The van der Waals surface area contributed by atoms with Crippen molar-refractivity contribution in [1.82, 2.24) is 15.0 Å². The Bertz CT molecular complexity index is 832. The Kier molecular flexibility index (Phi) is 3.37. The van der Waals surface area contributed by atoms with E-state index < -0.39 is 0 Å². The third-order valence-corrected chi connectivity index (χ3v) is 3.70. The zero-order chi connectivity index (χ0) is 15.9. The van der Waals surface area contributed by atoms with Crippen LogP contribution in [-0.2, 0) is 12.0 Å². The molecule has 0 saturated heterocycles. The second-order valence-corrected chi connectivity index (χ2v) is 6.35. The zero-order valence-corrected chi connectivity index (χ0v) is 12.9. The van der Waals surface area contributed by atoms with E-state index in [1.807, 2.05) is 30.3 Å². The Hall–Kier alpha value is -2.40. The van der Waals surface area contributed by atoms with E-state index in [1.165, 1.54) is 0 Å². The normalized spacial score (nSPS) is 12.0. The van der Waals surface area contributed by atoms with Gasteiger partial charge in [0.05, 0.1) is 18.0 Å². The second kappa shape index (κ2) is 5.10. The number of rotatable bonds is 2. The number of fused-ring (bicyclic) bond motifs is 1. The summed E-state index contributed by atoms with van der Waals surface area (Å²) in [5.41, 5.74) is 2.06. The van der Waals surface area contributed by atoms with Crippen LogP contribution in [0.1, 0.15) is 32.2 Å². The first-order chi connectivity index (χ1) is 10.4. The van der Waals surface area contributed by atoms with E-state index in [2.05, 4.69) is 31.1 Å². The monoisotopic (exact) mass is 297 g/mol. The summed E-state index contributed by atoms with van der Waals surface area (Å²) < 4.78 is 1.76. The first-order valence-corrected chi connectivity index (χ1v) is 7.20. The molecule has 1 heterocycles. The molecule has 22 heavy (non-hydrogen) atoms. The van der Waals surface area contributed by atoms with Gasteiger partial charge in [0, 0.05) is 16.2 Å². The standard InChI is InChI=1S/C17H19N3O2/c1-17(2,3)16-13(10-21)18-19-20(16)14-8-4-7-12-11(14)6-5-9-15(12)22/h4-9,21-22H,10H2,1-3H3. The van der Waals surface area contributed by atoms with Gasteiger partial charge in [-0.25, -0.2) is 4.68 Å². The van der Waals surface area contributed by atoms with Gasteiger partial charge in [0.1, 0.15) is 11.4 Å². The van der Waals surface area contributed by atoms with Crippen molar-refractivity contribution >= 4 is 10.8 Å². The number of phenols is 1. The molecule has 0 atom stereocenters. The second-order valence-electron chi connectivity index (χ2n) is 6.35. The maximum Gasteiger partial charge on any atom is 0.123 e. The van der Waals surface area contributed by atoms with Gasteiger partial charge in [0.2, 0.25) is 0 Å². The van der Waals surface area contributed by atoms with Gasteiger partial charge in [-0.3, -0.25) is 0 Å². The number of hydrogen-bond acceptors (Lipinski definition) is 4. The zero-order valence-electron chi connectivity index (χ0n) is 12.9. The number of hydrogen-bond donors (Lipinski definition) is 2. The van der Waals surface area contributed by atoms with E-state index in [1.54, 1.807) is 10.7 Å². The molecule has 0 amide bonds. The van der Waals surface area contributed by atoms with Crippen molar-refractivity contribution in [3.63, 3.8) is 0 Å². The van der Waals surface area contributed by atoms with Crippen LogP contribution >= 0.6 is 0 Å². The fourth-order valence-electron chi connectivity index (χ4n) is 2.80. The summed E-state index contributed by atoms with van der Waals surface area (Å²) in [6.07, 6.45) is 0. The highest BCUT2D eigenvalue weighted by molar-refractivity contribution is 5.94. The van der Waals surface area contributed by atoms with Crippen molar-refractivity contribution in [1.29, 1.82) is 0 Å². The molecule has 3 aromatic rings. The summed E-state index contributed by atoms with van der Waals surface area (Å²) in [6, 6.07) is 11.1. The number of nitrogens with zero attached hydrogens (tertiary/aromatic N) is 3. The smallest absolute Gasteiger partial charge is 0.123 e. The van der Waals surface area contributed by atoms with Crippen LogP contribution in [0.3, 0.4) is 0 Å². The number of aliphatic hydroxyl groups is 1. The van der Waals surface area contributed by atoms with E-state index >= 15 is 0 Å². The highest BCUT2D eigenvalue weighted by Gasteiger charge is 2.26. The Balaban J connectivity index is 2.34. The fourth-order valence-corrected chi connectivity index (χ4v) is 2.80. The predicted octanol–water partition coefficient (Wildman–Crippen LogP) is 2.92. The fraction of sp³-hybridized carbons (Fsp3) is 0.294. The maximum atomic E-state index is 10.0. The molecular formula is C17H19N3O2. The molecule has 0 radical (unpaired) electrons. The van der Waals surface area contributed by atoms with Gasteiger partial charge < -0.3 is 10.2 Å². The Labute approximate surface area is 128 Å². The summed E-state index contributed by atoms with van der Waals surface area (Å²) in [5, 5.41) is 29.6. The molecule has 0 aliphatic carbocycles. The molecule has 0 aliphatic heterocycles. The van der Waals surface area contributed by atoms with E-state index in [0.29, 0.717) is 5.69 Å². The summed E-state index contributed by atoms with van der Waals surface area (Å²) in [4.78, 5) is 0. The van der Waals surface area contributed by atoms with Crippen LogP contribution in [-0.4, -0.2) is 25.2 Å². The lowest BCUT2D eigenvalue weighted by Crippen LogP contribution is -2.19. The Morgan fingerprint density at radius 3 is 2.41 bits per heavy atom. The molecule has 3 rings (SSSR count). The largest absolute Gasteiger partial charge is 0.507 e. The SMILES string of the molecule is CC(C)(C)c1c(CO)nnn1-c1cccc2c(O)cccc12. The lowest BCUT2D eigenvalue weighted by atomic mass is 9.90. The van der Waals surface area contributed by atoms with E-state index in [4.69, 9.17) is 0 Å². The van der Waals surface area contributed by atoms with E-state index in [9.17, 15) is 10.2 Å². The molecule has 0 saturated carbocycles. The van der Waals surface area contributed by atoms with Crippen LogP contribution in [0.4, 0.5) is 0 Å². The molecule has 0 fully saturated rings. The molecule has 114 valence electrons. The van der Waals surface area contributed by atoms with E-state index in [-0.39, 0.29) is 17.8 Å². The Morgan fingerprint density at radius 2 is 1.73 bits per heavy atom. The van der Waals surface area contributed by atoms with Crippen LogP contribution in [0.25, 0.3) is 16.5 Å². The summed E-state index contributed by atoms with van der Waals surface area (Å²) in [6.45, 7) is 6.03. The van der Waals surface area contributed by atoms with Crippen LogP contribution in [0.2, 0.25) is 0 Å². The minimum Gasteiger partial charge on any atom is -0.507 e. The van der Waals surface area contributed by atoms with Gasteiger partial charge in [-0.15, -0.1) is 5.10 Å². The maximum absolute atomic E-state index is 10.0. The van der Waals surface area contributed by atoms with Crippen LogP contribution < -0.4 is 0 Å². The van der Waals surface area contributed by atoms with Crippen LogP contribution in [0, 0.1) is 0 Å². The average molecular weight is 297 g/mol. The first-order valence-electron chi connectivity index (χ1n) is 7.20. The predicted molar refractivity (Wildman–Crippen MR) is 85.2 cm³/mol. The Morgan fingerprint density at radius 1 is 1.05 bits per heavy atom. The van der Waals surface area contributed by atoms with E-state index in [0.717, 1.165) is 22.2 Å². The molecule has 2 aromatic carbocycles. The van der Waals surface area contributed by atoms with Crippen molar-refractivity contribution in [2.24, 2.45) is 0 Å². The molecule has 0 aliphatic rings. The molecule has 0 unspecified atom stereocenters. The first kappa shape index (κ1) is 14.5. The van der Waals surface area contributed by atoms with Gasteiger partial charge in [-0.1, -0.05) is 50.3 Å². The van der Waals surface area contributed by atoms with Crippen LogP contribution in [0.15, 0.2) is 36.4 Å². The van der Waals surface area contributed by atoms with Crippen molar-refractivity contribution < 1.29 is 10.2 Å². The van der Waals surface area contributed by atoms with Gasteiger partial charge >= 0.3 is 0 Å². The van der Waals surface area contributed by atoms with Gasteiger partial charge in [0.25, 0.3) is 0 Å². The molecule has 0 spiro atoms. The highest BCUT2D eigenvalue weighted by Crippen LogP contribution is 2.32. The number of aromatic nitrogens is 3. The topological polar surface area (TPSA) is 71.2 Å². The summed E-state index contributed by atoms with van der Waals surface area (Å²) in [7, 11) is 0. The number of benzene rings is 2. The third-order valence-electron chi connectivity index (χ3n) is 3.70. The van der Waals surface area contributed by atoms with Crippen molar-refractivity contribution in [2.75, 3.05) is 0 Å². The van der Waals surface area contributed by atoms with Crippen molar-refractivity contribution in [3.8, 4) is 11.4 Å². The molecular weight excluding hydrogens is 278 g/mol. The van der Waals surface area contributed by atoms with Crippen molar-refractivity contribution in [2.45, 2.75) is 32.8 Å². The number of phenolic OH excluding ortho intramolecular Hbond substituents is 1. The number of aromatic hydroxyl groups is 1. The lowest BCUT2D eigenvalue weighted by Gasteiger charge is -2.21. The molecule has 2 N–H and O–H groups in total. The molecule has 1 aromatic heterocycles. The molecule has 5 heteroatoms. The minimum absolute atomic E-state index is 0.150. The molecule has 5 nitrogen and oxygen atoms in total. The van der Waals surface area contributed by atoms with Crippen molar-refractivity contribution in [3.05, 3.63) is 47.8 Å². The van der Waals surface area contributed by atoms with Gasteiger partial charge in [-0.05, 0) is 12.1 Å².